The second kappa shape index (κ2) is 65.9. The smallest absolute Gasteiger partial charge is 0.327 e. The van der Waals surface area contributed by atoms with Gasteiger partial charge in [0.15, 0.2) is 0 Å². The standard InChI is InChI=1S/C83H128F2N10O28S/c1-61(89-72(97)17-22-109-27-30-113-36-38-117-41-42-119-45-46-121-49-50-123-52-51-122-48-47-120-44-43-118-40-39-116-34-33-112-26-25-108-6)79(103)90-62(2)80(104)92-68(55-71(86)96)81(105)88-19-10-21-94(78(83(3,4)5)70-53-64(66-54-65(84)13-14-67(66)85)57-93(70)56-63-11-8-7-9-12-63)77(102)60-124-59-69(82(106)107)91-73(98)18-23-110-28-31-114-35-37-115-32-29-111-24-20-87-74(99)58-95-75(100)15-16-76(95)101/h7-9,11-16,53-54,57,61-62,68-69,78H,10,17-52,55-56,58-60H2,1-6H3,(H2,86,96)(H,87,99)(H,88,105)(H,89,97)(H,90,103)(H,91,98)(H,92,104)(H,106,107)/t61-,62-,68-,69-,78-/m0/s1. The lowest BCUT2D eigenvalue weighted by Crippen LogP contribution is -2.56. The minimum atomic E-state index is -1.54. The lowest BCUT2D eigenvalue weighted by Gasteiger charge is -2.41. The van der Waals surface area contributed by atoms with Crippen LogP contribution in [0.5, 0.6) is 0 Å². The van der Waals surface area contributed by atoms with Crippen molar-refractivity contribution in [2.45, 2.75) is 97.1 Å². The molecular weight excluding hydrogens is 1660 g/mol. The van der Waals surface area contributed by atoms with Gasteiger partial charge >= 0.3 is 5.97 Å². The summed E-state index contributed by atoms with van der Waals surface area (Å²) in [6.45, 7) is 18.6. The predicted octanol–water partition coefficient (Wildman–Crippen LogP) is 1.29. The zero-order valence-corrected chi connectivity index (χ0v) is 72.9. The van der Waals surface area contributed by atoms with E-state index in [1.54, 1.807) is 24.3 Å². The number of hydrogen-bond acceptors (Lipinski definition) is 28. The number of aliphatic carboxylic acids is 1. The average Bonchev–Trinajstić information content (AvgIpc) is 1.64. The second-order valence-corrected chi connectivity index (χ2v) is 29.8. The number of nitrogens with two attached hydrogens (primary N) is 1. The number of carboxylic acid groups (broad SMARTS) is 1. The van der Waals surface area contributed by atoms with Gasteiger partial charge in [0.05, 0.1) is 223 Å². The fourth-order valence-electron chi connectivity index (χ4n) is 11.5. The summed E-state index contributed by atoms with van der Waals surface area (Å²) in [5.74, 6) is -10.0. The van der Waals surface area contributed by atoms with Crippen LogP contribution in [-0.4, -0.2) is 358 Å². The van der Waals surface area contributed by atoms with E-state index in [9.17, 15) is 62.2 Å². The van der Waals surface area contributed by atoms with Crippen molar-refractivity contribution in [2.24, 2.45) is 11.1 Å². The summed E-state index contributed by atoms with van der Waals surface area (Å²) >= 11 is 0.935. The molecule has 124 heavy (non-hydrogen) atoms. The topological polar surface area (TPSA) is 465 Å². The van der Waals surface area contributed by atoms with E-state index in [0.717, 1.165) is 52.6 Å². The fourth-order valence-corrected chi connectivity index (χ4v) is 12.4. The molecule has 10 amide bonds. The number of methoxy groups -OCH3 is 1. The van der Waals surface area contributed by atoms with Crippen LogP contribution in [0.2, 0.25) is 0 Å². The van der Waals surface area contributed by atoms with Gasteiger partial charge in [-0.1, -0.05) is 51.1 Å². The third-order valence-corrected chi connectivity index (χ3v) is 18.7. The average molecular weight is 1780 g/mol. The molecule has 38 nitrogen and oxygen atoms in total. The van der Waals surface area contributed by atoms with Crippen LogP contribution < -0.4 is 37.6 Å². The molecule has 0 spiro atoms. The lowest BCUT2D eigenvalue weighted by molar-refractivity contribution is -0.141. The number of carbonyl (C=O) groups is 11. The van der Waals surface area contributed by atoms with E-state index in [4.69, 9.17) is 81.5 Å². The minimum absolute atomic E-state index is 0.0144. The molecule has 0 bridgehead atoms. The SMILES string of the molecule is COCCOCCOCCOCCOCCOCCOCCOCCOCCOCCOCCOCCC(=O)N[C@@H](C)C(=O)N[C@@H](C)C(=O)N[C@@H](CC(N)=O)C(=O)NCCCN(C(=O)CSC[C@H](NC(=O)CCOCCOCCOCCOCCNC(=O)CN1C(=O)C=CC1=O)C(=O)O)[C@@H](c1cc(-c2cc(F)ccc2F)cn1Cc1ccccc1)C(C)(C)C. The maximum absolute atomic E-state index is 15.6. The van der Waals surface area contributed by atoms with Crippen molar-refractivity contribution < 1.29 is 142 Å². The van der Waals surface area contributed by atoms with Crippen LogP contribution in [0, 0.1) is 17.0 Å². The number of aromatic nitrogens is 1. The Morgan fingerprint density at radius 2 is 0.944 bits per heavy atom. The van der Waals surface area contributed by atoms with Crippen LogP contribution in [0.15, 0.2) is 72.9 Å². The summed E-state index contributed by atoms with van der Waals surface area (Å²) in [5.41, 5.74) is 6.32. The first kappa shape index (κ1) is 108. The van der Waals surface area contributed by atoms with E-state index >= 15 is 4.39 Å². The summed E-state index contributed by atoms with van der Waals surface area (Å²) in [4.78, 5) is 144. The van der Waals surface area contributed by atoms with Crippen LogP contribution in [0.25, 0.3) is 11.1 Å². The summed E-state index contributed by atoms with van der Waals surface area (Å²) < 4.78 is 119. The van der Waals surface area contributed by atoms with Crippen LogP contribution in [-0.2, 0) is 135 Å². The number of primary amides is 1. The highest BCUT2D eigenvalue weighted by Crippen LogP contribution is 2.41. The highest BCUT2D eigenvalue weighted by Gasteiger charge is 2.38. The monoisotopic (exact) mass is 1780 g/mol. The Labute approximate surface area is 727 Å². The molecule has 2 aromatic carbocycles. The van der Waals surface area contributed by atoms with Gasteiger partial charge < -0.3 is 128 Å². The van der Waals surface area contributed by atoms with Gasteiger partial charge in [0, 0.05) is 87.1 Å². The van der Waals surface area contributed by atoms with Gasteiger partial charge in [0.1, 0.15) is 42.3 Å². The quantitative estimate of drug-likeness (QED) is 0.0291. The first-order chi connectivity index (χ1) is 59.8. The first-order valence-corrected chi connectivity index (χ1v) is 42.4. The molecule has 1 aliphatic heterocycles. The molecule has 0 saturated carbocycles. The summed E-state index contributed by atoms with van der Waals surface area (Å²) in [6.07, 6.45) is 2.93. The second-order valence-electron chi connectivity index (χ2n) is 28.7. The molecular formula is C83H128F2N10O28S. The molecule has 0 fully saturated rings. The molecule has 0 unspecified atom stereocenters. The molecule has 5 atom stereocenters. The summed E-state index contributed by atoms with van der Waals surface area (Å²) in [6, 6.07) is 7.77. The molecule has 0 radical (unpaired) electrons. The molecule has 4 rings (SSSR count). The Morgan fingerprint density at radius 3 is 1.40 bits per heavy atom. The normalized spacial score (nSPS) is 13.3. The van der Waals surface area contributed by atoms with Crippen LogP contribution >= 0.6 is 11.8 Å². The number of halogens is 2. The molecule has 41 heteroatoms. The molecule has 3 aromatic rings. The molecule has 0 aliphatic carbocycles. The van der Waals surface area contributed by atoms with Gasteiger partial charge in [0.25, 0.3) is 11.8 Å². The number of carbonyl (C=O) groups excluding carboxylic acids is 10. The van der Waals surface area contributed by atoms with E-state index in [1.807, 2.05) is 55.7 Å². The molecule has 1 aromatic heterocycles. The van der Waals surface area contributed by atoms with Crippen molar-refractivity contribution in [2.75, 3.05) is 250 Å². The number of amides is 10. The van der Waals surface area contributed by atoms with Crippen LogP contribution in [0.3, 0.4) is 0 Å². The van der Waals surface area contributed by atoms with Crippen molar-refractivity contribution in [3.05, 3.63) is 95.8 Å². The number of benzene rings is 2. The van der Waals surface area contributed by atoms with Crippen molar-refractivity contribution in [3.63, 3.8) is 0 Å². The summed E-state index contributed by atoms with van der Waals surface area (Å²) in [5, 5.41) is 25.5. The Bertz CT molecular complexity index is 3610. The number of nitrogens with one attached hydrogen (secondary N) is 6. The van der Waals surface area contributed by atoms with Gasteiger partial charge in [-0.05, 0) is 55.5 Å². The lowest BCUT2D eigenvalue weighted by atomic mass is 9.83. The van der Waals surface area contributed by atoms with Crippen molar-refractivity contribution in [1.29, 1.82) is 0 Å². The summed E-state index contributed by atoms with van der Waals surface area (Å²) in [7, 11) is 1.63. The minimum Gasteiger partial charge on any atom is -0.480 e. The Kier molecular flexibility index (Phi) is 57.3. The predicted molar refractivity (Wildman–Crippen MR) is 447 cm³/mol. The van der Waals surface area contributed by atoms with Gasteiger partial charge in [-0.2, -0.15) is 0 Å². The Morgan fingerprint density at radius 1 is 0.508 bits per heavy atom. The third-order valence-electron chi connectivity index (χ3n) is 17.7. The van der Waals surface area contributed by atoms with Crippen molar-refractivity contribution >= 4 is 76.8 Å². The third kappa shape index (κ3) is 48.8. The van der Waals surface area contributed by atoms with E-state index in [0.29, 0.717) is 143 Å². The number of thioether (sulfide) groups is 1. The van der Waals surface area contributed by atoms with Gasteiger partial charge in [-0.25, -0.2) is 13.6 Å². The van der Waals surface area contributed by atoms with Crippen molar-refractivity contribution in [1.82, 2.24) is 46.3 Å². The van der Waals surface area contributed by atoms with E-state index in [2.05, 4.69) is 31.9 Å². The number of imide groups is 1. The number of carboxylic acids is 1. The fraction of sp³-hybridized carbons (Fsp3) is 0.651. The van der Waals surface area contributed by atoms with E-state index < -0.39 is 119 Å². The van der Waals surface area contributed by atoms with Crippen LogP contribution in [0.4, 0.5) is 8.78 Å². The number of hydrogen-bond donors (Lipinski definition) is 8. The number of ether oxygens (including phenoxy) is 16. The zero-order chi connectivity index (χ0) is 90.4. The van der Waals surface area contributed by atoms with Gasteiger partial charge in [0.2, 0.25) is 47.3 Å². The number of rotatable bonds is 76. The maximum Gasteiger partial charge on any atom is 0.327 e. The molecule has 9 N–H and O–H groups in total. The van der Waals surface area contributed by atoms with Gasteiger partial charge in [-0.15, -0.1) is 11.8 Å². The molecule has 2 heterocycles. The molecule has 0 saturated heterocycles. The Balaban J connectivity index is 1.16. The van der Waals surface area contributed by atoms with Crippen molar-refractivity contribution in [3.8, 4) is 11.1 Å². The highest BCUT2D eigenvalue weighted by molar-refractivity contribution is 8.00. The Hall–Kier alpha value is -8.60. The van der Waals surface area contributed by atoms with Crippen LogP contribution in [0.1, 0.15) is 77.6 Å². The molecule has 1 aliphatic rings. The largest absolute Gasteiger partial charge is 0.480 e. The zero-order valence-electron chi connectivity index (χ0n) is 72.1. The number of nitrogens with zero attached hydrogens (tertiary/aromatic N) is 3. The van der Waals surface area contributed by atoms with E-state index in [1.165, 1.54) is 13.8 Å². The first-order valence-electron chi connectivity index (χ1n) is 41.3. The van der Waals surface area contributed by atoms with Gasteiger partial charge in [-0.3, -0.25) is 52.8 Å². The van der Waals surface area contributed by atoms with E-state index in [-0.39, 0.29) is 142 Å². The maximum atomic E-state index is 15.6. The highest BCUT2D eigenvalue weighted by atomic mass is 32.2. The molecule has 698 valence electrons.